The van der Waals surface area contributed by atoms with E-state index in [1.807, 2.05) is 13.8 Å². The topological polar surface area (TPSA) is 58.6 Å². The predicted molar refractivity (Wildman–Crippen MR) is 81.2 cm³/mol. The van der Waals surface area contributed by atoms with Gasteiger partial charge in [-0.15, -0.1) is 0 Å². The van der Waals surface area contributed by atoms with Gasteiger partial charge < -0.3 is 15.0 Å². The van der Waals surface area contributed by atoms with E-state index in [1.54, 1.807) is 29.2 Å². The molecule has 0 saturated carbocycles. The van der Waals surface area contributed by atoms with Gasteiger partial charge in [-0.3, -0.25) is 9.59 Å². The van der Waals surface area contributed by atoms with Crippen LogP contribution in [0.1, 0.15) is 24.2 Å². The highest BCUT2D eigenvalue weighted by molar-refractivity contribution is 6.06. The van der Waals surface area contributed by atoms with E-state index in [0.29, 0.717) is 24.3 Å². The van der Waals surface area contributed by atoms with Crippen molar-refractivity contribution in [3.05, 3.63) is 42.5 Å². The summed E-state index contributed by atoms with van der Waals surface area (Å²) in [5, 5.41) is 2.67. The number of anilines is 1. The Morgan fingerprint density at radius 1 is 1.29 bits per heavy atom. The Morgan fingerprint density at radius 3 is 2.52 bits per heavy atom. The van der Waals surface area contributed by atoms with E-state index >= 15 is 0 Å². The molecule has 21 heavy (non-hydrogen) atoms. The van der Waals surface area contributed by atoms with Crippen molar-refractivity contribution in [2.24, 2.45) is 0 Å². The molecule has 5 nitrogen and oxygen atoms in total. The van der Waals surface area contributed by atoms with Crippen LogP contribution in [0, 0.1) is 0 Å². The lowest BCUT2D eigenvalue weighted by Crippen LogP contribution is -2.48. The standard InChI is InChI=1S/C16H20N2O3/c1-4-15(19)17-14-8-6-5-7-13(14)16(20)18-9-11(2)21-12(3)10-18/h4-8,11-12H,1,9-10H2,2-3H3,(H,17,19). The third-order valence-corrected chi connectivity index (χ3v) is 3.31. The molecule has 1 aromatic carbocycles. The van der Waals surface area contributed by atoms with Crippen LogP contribution in [-0.4, -0.2) is 42.0 Å². The van der Waals surface area contributed by atoms with Gasteiger partial charge >= 0.3 is 0 Å². The van der Waals surface area contributed by atoms with Gasteiger partial charge in [-0.2, -0.15) is 0 Å². The maximum Gasteiger partial charge on any atom is 0.256 e. The van der Waals surface area contributed by atoms with Gasteiger partial charge in [0.2, 0.25) is 5.91 Å². The number of nitrogens with one attached hydrogen (secondary N) is 1. The fraction of sp³-hybridized carbons (Fsp3) is 0.375. The molecule has 2 amide bonds. The Kier molecular flexibility index (Phi) is 4.75. The minimum atomic E-state index is -0.334. The van der Waals surface area contributed by atoms with Crippen LogP contribution in [0.5, 0.6) is 0 Å². The highest BCUT2D eigenvalue weighted by Gasteiger charge is 2.27. The normalized spacial score (nSPS) is 21.7. The Hall–Kier alpha value is -2.14. The van der Waals surface area contributed by atoms with Crippen molar-refractivity contribution in [3.8, 4) is 0 Å². The van der Waals surface area contributed by atoms with Crippen LogP contribution < -0.4 is 5.32 Å². The highest BCUT2D eigenvalue weighted by atomic mass is 16.5. The molecule has 2 rings (SSSR count). The number of rotatable bonds is 3. The van der Waals surface area contributed by atoms with Crippen LogP contribution in [0.25, 0.3) is 0 Å². The summed E-state index contributed by atoms with van der Waals surface area (Å²) in [6.07, 6.45) is 1.19. The van der Waals surface area contributed by atoms with Gasteiger partial charge in [-0.05, 0) is 32.1 Å². The van der Waals surface area contributed by atoms with E-state index in [2.05, 4.69) is 11.9 Å². The lowest BCUT2D eigenvalue weighted by molar-refractivity contribution is -0.111. The summed E-state index contributed by atoms with van der Waals surface area (Å²) >= 11 is 0. The van der Waals surface area contributed by atoms with Gasteiger partial charge in [0.05, 0.1) is 23.5 Å². The lowest BCUT2D eigenvalue weighted by atomic mass is 10.1. The van der Waals surface area contributed by atoms with Gasteiger partial charge in [-0.25, -0.2) is 0 Å². The lowest BCUT2D eigenvalue weighted by Gasteiger charge is -2.35. The number of hydrogen-bond donors (Lipinski definition) is 1. The zero-order valence-electron chi connectivity index (χ0n) is 12.3. The molecule has 2 atom stereocenters. The van der Waals surface area contributed by atoms with E-state index < -0.39 is 0 Å². The first-order valence-corrected chi connectivity index (χ1v) is 6.98. The molecular formula is C16H20N2O3. The van der Waals surface area contributed by atoms with Crippen molar-refractivity contribution in [2.75, 3.05) is 18.4 Å². The number of nitrogens with zero attached hydrogens (tertiary/aromatic N) is 1. The number of carbonyl (C=O) groups excluding carboxylic acids is 2. The summed E-state index contributed by atoms with van der Waals surface area (Å²) in [5.74, 6) is -0.434. The fourth-order valence-electron chi connectivity index (χ4n) is 2.48. The maximum atomic E-state index is 12.7. The minimum Gasteiger partial charge on any atom is -0.372 e. The first kappa shape index (κ1) is 15.3. The van der Waals surface area contributed by atoms with Crippen LogP contribution in [0.15, 0.2) is 36.9 Å². The number of amides is 2. The van der Waals surface area contributed by atoms with Crippen molar-refractivity contribution in [1.29, 1.82) is 0 Å². The average molecular weight is 288 g/mol. The van der Waals surface area contributed by atoms with Crippen molar-refractivity contribution in [2.45, 2.75) is 26.1 Å². The number of carbonyl (C=O) groups is 2. The van der Waals surface area contributed by atoms with Crippen LogP contribution in [0.3, 0.4) is 0 Å². The van der Waals surface area contributed by atoms with Crippen LogP contribution in [0.4, 0.5) is 5.69 Å². The quantitative estimate of drug-likeness (QED) is 0.866. The molecule has 2 unspecified atom stereocenters. The fourth-order valence-corrected chi connectivity index (χ4v) is 2.48. The number of hydrogen-bond acceptors (Lipinski definition) is 3. The van der Waals surface area contributed by atoms with Gasteiger partial charge in [0.1, 0.15) is 0 Å². The molecule has 1 fully saturated rings. The molecular weight excluding hydrogens is 268 g/mol. The summed E-state index contributed by atoms with van der Waals surface area (Å²) in [7, 11) is 0. The van der Waals surface area contributed by atoms with Gasteiger partial charge in [-0.1, -0.05) is 18.7 Å². The summed E-state index contributed by atoms with van der Waals surface area (Å²) in [5.41, 5.74) is 0.980. The second kappa shape index (κ2) is 6.54. The molecule has 1 aliphatic rings. The molecule has 0 spiro atoms. The third-order valence-electron chi connectivity index (χ3n) is 3.31. The van der Waals surface area contributed by atoms with Gasteiger partial charge in [0.25, 0.3) is 5.91 Å². The van der Waals surface area contributed by atoms with E-state index in [4.69, 9.17) is 4.74 Å². The number of ether oxygens (including phenoxy) is 1. The average Bonchev–Trinajstić information content (AvgIpc) is 2.46. The molecule has 0 aliphatic carbocycles. The molecule has 1 aliphatic heterocycles. The summed E-state index contributed by atoms with van der Waals surface area (Å²) < 4.78 is 5.64. The summed E-state index contributed by atoms with van der Waals surface area (Å²) in [6, 6.07) is 6.98. The van der Waals surface area contributed by atoms with Crippen molar-refractivity contribution < 1.29 is 14.3 Å². The molecule has 1 N–H and O–H groups in total. The third kappa shape index (κ3) is 3.70. The van der Waals surface area contributed by atoms with Crippen molar-refractivity contribution in [1.82, 2.24) is 4.90 Å². The number of benzene rings is 1. The van der Waals surface area contributed by atoms with Crippen LogP contribution >= 0.6 is 0 Å². The summed E-state index contributed by atoms with van der Waals surface area (Å²) in [4.78, 5) is 25.9. The summed E-state index contributed by atoms with van der Waals surface area (Å²) in [6.45, 7) is 8.41. The van der Waals surface area contributed by atoms with Crippen molar-refractivity contribution in [3.63, 3.8) is 0 Å². The molecule has 112 valence electrons. The van der Waals surface area contributed by atoms with Crippen LogP contribution in [-0.2, 0) is 9.53 Å². The van der Waals surface area contributed by atoms with Gasteiger partial charge in [0.15, 0.2) is 0 Å². The Morgan fingerprint density at radius 2 is 1.90 bits per heavy atom. The van der Waals surface area contributed by atoms with E-state index in [0.717, 1.165) is 0 Å². The molecule has 5 heteroatoms. The number of morpholine rings is 1. The van der Waals surface area contributed by atoms with Gasteiger partial charge in [0, 0.05) is 13.1 Å². The molecule has 1 saturated heterocycles. The molecule has 0 bridgehead atoms. The Bertz CT molecular complexity index is 546. The maximum absolute atomic E-state index is 12.7. The molecule has 0 radical (unpaired) electrons. The number of para-hydroxylation sites is 1. The Labute approximate surface area is 124 Å². The first-order chi connectivity index (χ1) is 10.0. The second-order valence-electron chi connectivity index (χ2n) is 5.21. The molecule has 1 aromatic rings. The Balaban J connectivity index is 2.22. The smallest absolute Gasteiger partial charge is 0.256 e. The largest absolute Gasteiger partial charge is 0.372 e. The first-order valence-electron chi connectivity index (χ1n) is 6.98. The minimum absolute atomic E-state index is 0.00706. The monoisotopic (exact) mass is 288 g/mol. The van der Waals surface area contributed by atoms with E-state index in [9.17, 15) is 9.59 Å². The predicted octanol–water partition coefficient (Wildman–Crippen LogP) is 2.06. The zero-order valence-corrected chi connectivity index (χ0v) is 12.3. The molecule has 1 heterocycles. The SMILES string of the molecule is C=CC(=O)Nc1ccccc1C(=O)N1CC(C)OC(C)C1. The second-order valence-corrected chi connectivity index (χ2v) is 5.21. The zero-order chi connectivity index (χ0) is 15.4. The van der Waals surface area contributed by atoms with E-state index in [-0.39, 0.29) is 24.0 Å². The van der Waals surface area contributed by atoms with Crippen molar-refractivity contribution >= 4 is 17.5 Å². The highest BCUT2D eigenvalue weighted by Crippen LogP contribution is 2.20. The molecule has 0 aromatic heterocycles. The van der Waals surface area contributed by atoms with E-state index in [1.165, 1.54) is 6.08 Å². The van der Waals surface area contributed by atoms with Crippen LogP contribution in [0.2, 0.25) is 0 Å².